The third kappa shape index (κ3) is 6.45. The number of rotatable bonds is 7. The van der Waals surface area contributed by atoms with E-state index in [1.807, 2.05) is 0 Å². The van der Waals surface area contributed by atoms with E-state index in [4.69, 9.17) is 9.47 Å². The van der Waals surface area contributed by atoms with Crippen LogP contribution in [0, 0.1) is 0 Å². The predicted octanol–water partition coefficient (Wildman–Crippen LogP) is 4.02. The molecule has 6 nitrogen and oxygen atoms in total. The number of hydrogen-bond acceptors (Lipinski definition) is 4. The van der Waals surface area contributed by atoms with Crippen LogP contribution >= 0.6 is 0 Å². The van der Waals surface area contributed by atoms with E-state index in [1.54, 1.807) is 30.3 Å². The van der Waals surface area contributed by atoms with Crippen LogP contribution in [0.15, 0.2) is 48.5 Å². The lowest BCUT2D eigenvalue weighted by molar-refractivity contribution is -0.141. The lowest BCUT2D eigenvalue weighted by Gasteiger charge is -2.24. The normalized spacial score (nSPS) is 16.1. The second-order valence-electron chi connectivity index (χ2n) is 7.20. The molecule has 0 aromatic heterocycles. The summed E-state index contributed by atoms with van der Waals surface area (Å²) in [6.45, 7) is -1.12. The van der Waals surface area contributed by atoms with E-state index in [2.05, 4.69) is 5.32 Å². The van der Waals surface area contributed by atoms with E-state index < -0.39 is 24.7 Å². The molecule has 31 heavy (non-hydrogen) atoms. The Morgan fingerprint density at radius 3 is 2.55 bits per heavy atom. The minimum absolute atomic E-state index is 0.0444. The summed E-state index contributed by atoms with van der Waals surface area (Å²) in [5, 5.41) is 2.66. The molecule has 1 N–H and O–H groups in total. The van der Waals surface area contributed by atoms with Gasteiger partial charge in [-0.15, -0.1) is 0 Å². The highest BCUT2D eigenvalue weighted by molar-refractivity contribution is 5.98. The highest BCUT2D eigenvalue weighted by Gasteiger charge is 2.33. The van der Waals surface area contributed by atoms with Crippen LogP contribution in [0.1, 0.15) is 28.8 Å². The standard InChI is InChI=1S/C22H23F3N2O4/c1-30-18-9-7-15(8-10-18)13-27(14-22(23,24)25)21(29)16-4-2-5-17(12-16)26-20(28)19-6-3-11-31-19/h2,4-5,7-10,12,19H,3,6,11,13-14H2,1H3,(H,26,28). The van der Waals surface area contributed by atoms with E-state index in [0.29, 0.717) is 30.0 Å². The van der Waals surface area contributed by atoms with Gasteiger partial charge in [0, 0.05) is 24.4 Å². The third-order valence-corrected chi connectivity index (χ3v) is 4.79. The van der Waals surface area contributed by atoms with Crippen molar-refractivity contribution in [1.29, 1.82) is 0 Å². The number of hydrogen-bond donors (Lipinski definition) is 1. The first-order chi connectivity index (χ1) is 14.7. The van der Waals surface area contributed by atoms with Gasteiger partial charge in [0.25, 0.3) is 11.8 Å². The molecule has 2 aromatic carbocycles. The summed E-state index contributed by atoms with van der Waals surface area (Å²) < 4.78 is 49.8. The van der Waals surface area contributed by atoms with Gasteiger partial charge in [0.2, 0.25) is 0 Å². The summed E-state index contributed by atoms with van der Waals surface area (Å²) in [6, 6.07) is 12.3. The van der Waals surface area contributed by atoms with Gasteiger partial charge in [-0.05, 0) is 48.7 Å². The maximum absolute atomic E-state index is 13.1. The van der Waals surface area contributed by atoms with Crippen LogP contribution in [0.2, 0.25) is 0 Å². The Kier molecular flexibility index (Phi) is 7.17. The molecule has 1 saturated heterocycles. The molecule has 2 aromatic rings. The fraction of sp³-hybridized carbons (Fsp3) is 0.364. The van der Waals surface area contributed by atoms with Gasteiger partial charge in [0.1, 0.15) is 18.4 Å². The molecule has 1 heterocycles. The second kappa shape index (κ2) is 9.82. The van der Waals surface area contributed by atoms with Crippen molar-refractivity contribution in [2.45, 2.75) is 31.7 Å². The predicted molar refractivity (Wildman–Crippen MR) is 108 cm³/mol. The molecule has 3 rings (SSSR count). The molecule has 1 aliphatic heterocycles. The van der Waals surface area contributed by atoms with Gasteiger partial charge >= 0.3 is 6.18 Å². The number of carbonyl (C=O) groups excluding carboxylic acids is 2. The number of halogens is 3. The average molecular weight is 436 g/mol. The molecule has 1 fully saturated rings. The molecule has 0 saturated carbocycles. The smallest absolute Gasteiger partial charge is 0.406 e. The maximum atomic E-state index is 13.1. The van der Waals surface area contributed by atoms with Crippen molar-refractivity contribution in [2.75, 3.05) is 25.6 Å². The summed E-state index contributed by atoms with van der Waals surface area (Å²) in [5.74, 6) is -0.569. The summed E-state index contributed by atoms with van der Waals surface area (Å²) in [4.78, 5) is 25.9. The number of nitrogens with one attached hydrogen (secondary N) is 1. The summed E-state index contributed by atoms with van der Waals surface area (Å²) in [5.41, 5.74) is 0.895. The molecule has 9 heteroatoms. The highest BCUT2D eigenvalue weighted by Crippen LogP contribution is 2.23. The molecule has 2 amide bonds. The number of nitrogens with zero attached hydrogens (tertiary/aromatic N) is 1. The van der Waals surface area contributed by atoms with Gasteiger partial charge < -0.3 is 19.7 Å². The quantitative estimate of drug-likeness (QED) is 0.712. The van der Waals surface area contributed by atoms with Crippen LogP contribution in [0.25, 0.3) is 0 Å². The monoisotopic (exact) mass is 436 g/mol. The topological polar surface area (TPSA) is 67.9 Å². The minimum atomic E-state index is -4.56. The highest BCUT2D eigenvalue weighted by atomic mass is 19.4. The van der Waals surface area contributed by atoms with Crippen LogP contribution in [-0.4, -0.2) is 49.3 Å². The van der Waals surface area contributed by atoms with Crippen molar-refractivity contribution < 1.29 is 32.2 Å². The molecule has 1 aliphatic rings. The fourth-order valence-corrected chi connectivity index (χ4v) is 3.29. The molecule has 166 valence electrons. The first-order valence-corrected chi connectivity index (χ1v) is 9.76. The van der Waals surface area contributed by atoms with Crippen LogP contribution in [0.5, 0.6) is 5.75 Å². The maximum Gasteiger partial charge on any atom is 0.406 e. The van der Waals surface area contributed by atoms with Crippen molar-refractivity contribution >= 4 is 17.5 Å². The Balaban J connectivity index is 1.77. The molecule has 1 atom stereocenters. The molecule has 1 unspecified atom stereocenters. The van der Waals surface area contributed by atoms with Crippen molar-refractivity contribution in [3.05, 3.63) is 59.7 Å². The van der Waals surface area contributed by atoms with E-state index in [1.165, 1.54) is 25.3 Å². The number of benzene rings is 2. The van der Waals surface area contributed by atoms with E-state index in [0.717, 1.165) is 11.3 Å². The Morgan fingerprint density at radius 2 is 1.94 bits per heavy atom. The molecule has 0 aliphatic carbocycles. The Hall–Kier alpha value is -3.07. The molecule has 0 bridgehead atoms. The van der Waals surface area contributed by atoms with Gasteiger partial charge in [-0.2, -0.15) is 13.2 Å². The average Bonchev–Trinajstić information content (AvgIpc) is 3.28. The fourth-order valence-electron chi connectivity index (χ4n) is 3.29. The van der Waals surface area contributed by atoms with E-state index in [9.17, 15) is 22.8 Å². The SMILES string of the molecule is COc1ccc(CN(CC(F)(F)F)C(=O)c2cccc(NC(=O)C3CCCO3)c2)cc1. The van der Waals surface area contributed by atoms with Crippen molar-refractivity contribution in [2.24, 2.45) is 0 Å². The number of ether oxygens (including phenoxy) is 2. The lowest BCUT2D eigenvalue weighted by atomic mass is 10.1. The van der Waals surface area contributed by atoms with Gasteiger partial charge in [-0.1, -0.05) is 18.2 Å². The Bertz CT molecular complexity index is 910. The van der Waals surface area contributed by atoms with Gasteiger partial charge in [0.15, 0.2) is 0 Å². The largest absolute Gasteiger partial charge is 0.497 e. The third-order valence-electron chi connectivity index (χ3n) is 4.79. The summed E-state index contributed by atoms with van der Waals surface area (Å²) in [7, 11) is 1.49. The lowest BCUT2D eigenvalue weighted by Crippen LogP contribution is -2.38. The zero-order valence-electron chi connectivity index (χ0n) is 16.9. The van der Waals surface area contributed by atoms with Crippen LogP contribution < -0.4 is 10.1 Å². The second-order valence-corrected chi connectivity index (χ2v) is 7.20. The Morgan fingerprint density at radius 1 is 1.19 bits per heavy atom. The number of alkyl halides is 3. The van der Waals surface area contributed by atoms with Crippen molar-refractivity contribution in [3.63, 3.8) is 0 Å². The summed E-state index contributed by atoms with van der Waals surface area (Å²) in [6.07, 6.45) is -3.73. The first-order valence-electron chi connectivity index (χ1n) is 9.76. The van der Waals surface area contributed by atoms with Gasteiger partial charge in [-0.25, -0.2) is 0 Å². The number of anilines is 1. The number of amides is 2. The summed E-state index contributed by atoms with van der Waals surface area (Å²) >= 11 is 0. The van der Waals surface area contributed by atoms with Crippen molar-refractivity contribution in [1.82, 2.24) is 4.90 Å². The van der Waals surface area contributed by atoms with E-state index in [-0.39, 0.29) is 18.0 Å². The zero-order chi connectivity index (χ0) is 22.4. The van der Waals surface area contributed by atoms with Crippen LogP contribution in [0.4, 0.5) is 18.9 Å². The number of methoxy groups -OCH3 is 1. The molecular weight excluding hydrogens is 413 g/mol. The zero-order valence-corrected chi connectivity index (χ0v) is 16.9. The first kappa shape index (κ1) is 22.6. The molecule has 0 radical (unpaired) electrons. The molecular formula is C22H23F3N2O4. The van der Waals surface area contributed by atoms with Crippen molar-refractivity contribution in [3.8, 4) is 5.75 Å². The molecule has 0 spiro atoms. The van der Waals surface area contributed by atoms with Gasteiger partial charge in [-0.3, -0.25) is 9.59 Å². The number of carbonyl (C=O) groups is 2. The minimum Gasteiger partial charge on any atom is -0.497 e. The van der Waals surface area contributed by atoms with Crippen LogP contribution in [0.3, 0.4) is 0 Å². The Labute approximate surface area is 177 Å². The van der Waals surface area contributed by atoms with E-state index >= 15 is 0 Å². The van der Waals surface area contributed by atoms with Gasteiger partial charge in [0.05, 0.1) is 7.11 Å². The van der Waals surface area contributed by atoms with Crippen LogP contribution in [-0.2, 0) is 16.1 Å².